The van der Waals surface area contributed by atoms with Crippen LogP contribution < -0.4 is 0 Å². The first-order valence-corrected chi connectivity index (χ1v) is 19.2. The molecule has 0 unspecified atom stereocenters. The minimum atomic E-state index is 0.205. The maximum atomic E-state index is 8.87. The highest BCUT2D eigenvalue weighted by molar-refractivity contribution is 6.20. The molecule has 1 N–H and O–H groups in total. The molecule has 0 fully saturated rings. The van der Waals surface area contributed by atoms with Gasteiger partial charge in [0.15, 0.2) is 5.84 Å². The number of para-hydroxylation sites is 1. The molecule has 0 aliphatic rings. The van der Waals surface area contributed by atoms with Crippen molar-refractivity contribution in [2.24, 2.45) is 4.99 Å². The third-order valence-electron chi connectivity index (χ3n) is 10.7. The predicted molar refractivity (Wildman–Crippen MR) is 240 cm³/mol. The van der Waals surface area contributed by atoms with Crippen LogP contribution in [-0.4, -0.2) is 11.5 Å². The molecule has 10 rings (SSSR count). The maximum Gasteiger partial charge on any atom is 0.152 e. The molecule has 0 amide bonds. The fourth-order valence-electron chi connectivity index (χ4n) is 7.89. The topological polar surface area (TPSA) is 49.4 Å². The molecule has 0 aliphatic heterocycles. The molecule has 0 saturated carbocycles. The van der Waals surface area contributed by atoms with E-state index in [0.717, 1.165) is 50.1 Å². The van der Waals surface area contributed by atoms with Crippen molar-refractivity contribution < 1.29 is 4.42 Å². The Morgan fingerprint density at radius 2 is 1.12 bits per heavy atom. The van der Waals surface area contributed by atoms with Gasteiger partial charge in [0.25, 0.3) is 0 Å². The van der Waals surface area contributed by atoms with E-state index >= 15 is 0 Å². The molecule has 3 nitrogen and oxygen atoms in total. The molecule has 0 bridgehead atoms. The number of hydrogen-bond donors (Lipinski definition) is 1. The van der Waals surface area contributed by atoms with Crippen molar-refractivity contribution in [3.8, 4) is 33.6 Å². The Balaban J connectivity index is 1.01. The first-order valence-electron chi connectivity index (χ1n) is 19.2. The number of rotatable bonds is 7. The first-order chi connectivity index (χ1) is 28.1. The molecule has 10 aromatic rings. The third kappa shape index (κ3) is 6.62. The van der Waals surface area contributed by atoms with Gasteiger partial charge in [-0.1, -0.05) is 176 Å². The number of allylic oxidation sites excluding steroid dienone is 1. The van der Waals surface area contributed by atoms with Gasteiger partial charge < -0.3 is 4.42 Å². The fraction of sp³-hybridized carbons (Fsp3) is 0. The molecule has 9 aromatic carbocycles. The number of fused-ring (bicyclic) bond motifs is 5. The molecule has 1 aromatic heterocycles. The van der Waals surface area contributed by atoms with Gasteiger partial charge in [0, 0.05) is 22.1 Å². The summed E-state index contributed by atoms with van der Waals surface area (Å²) in [6, 6.07) is 69.7. The van der Waals surface area contributed by atoms with Crippen LogP contribution in [0.15, 0.2) is 216 Å². The van der Waals surface area contributed by atoms with Crippen LogP contribution in [0.3, 0.4) is 0 Å². The van der Waals surface area contributed by atoms with Crippen LogP contribution >= 0.6 is 0 Å². The zero-order valence-corrected chi connectivity index (χ0v) is 31.1. The van der Waals surface area contributed by atoms with Crippen molar-refractivity contribution in [2.45, 2.75) is 0 Å². The lowest BCUT2D eigenvalue weighted by Gasteiger charge is -2.15. The number of nitrogens with zero attached hydrogens (tertiary/aromatic N) is 1. The van der Waals surface area contributed by atoms with Crippen molar-refractivity contribution in [1.29, 1.82) is 5.41 Å². The quantitative estimate of drug-likeness (QED) is 0.0755. The molecule has 268 valence electrons. The van der Waals surface area contributed by atoms with Gasteiger partial charge in [-0.3, -0.25) is 5.41 Å². The SMILES string of the molecule is N=C(N=C(/C=C/c1cccc(-c2cccc(-c3c4ccccc4cc4c3ccc3ccccc34)c2)c1)c1ccc(-c2cc3ccccc3o2)cc1)c1ccccc1. The minimum absolute atomic E-state index is 0.205. The largest absolute Gasteiger partial charge is 0.456 e. The average molecular weight is 729 g/mol. The molecule has 0 saturated heterocycles. The van der Waals surface area contributed by atoms with Gasteiger partial charge >= 0.3 is 0 Å². The number of amidine groups is 1. The number of nitrogens with one attached hydrogen (secondary N) is 1. The van der Waals surface area contributed by atoms with Gasteiger partial charge in [-0.25, -0.2) is 4.99 Å². The molecule has 0 atom stereocenters. The van der Waals surface area contributed by atoms with E-state index in [4.69, 9.17) is 14.8 Å². The van der Waals surface area contributed by atoms with Crippen LogP contribution in [0.4, 0.5) is 0 Å². The highest BCUT2D eigenvalue weighted by Gasteiger charge is 2.14. The van der Waals surface area contributed by atoms with Gasteiger partial charge in [-0.15, -0.1) is 0 Å². The molecule has 0 radical (unpaired) electrons. The molecule has 0 aliphatic carbocycles. The van der Waals surface area contributed by atoms with Gasteiger partial charge in [0.2, 0.25) is 0 Å². The molecule has 57 heavy (non-hydrogen) atoms. The summed E-state index contributed by atoms with van der Waals surface area (Å²) < 4.78 is 6.14. The summed E-state index contributed by atoms with van der Waals surface area (Å²) in [4.78, 5) is 4.85. The van der Waals surface area contributed by atoms with E-state index in [1.165, 1.54) is 43.4 Å². The van der Waals surface area contributed by atoms with Crippen LogP contribution in [0, 0.1) is 5.41 Å². The van der Waals surface area contributed by atoms with Crippen LogP contribution in [0.25, 0.3) is 82.9 Å². The zero-order valence-electron chi connectivity index (χ0n) is 31.1. The zero-order chi connectivity index (χ0) is 38.1. The van der Waals surface area contributed by atoms with E-state index in [0.29, 0.717) is 5.71 Å². The van der Waals surface area contributed by atoms with Gasteiger partial charge in [-0.05, 0) is 96.5 Å². The summed E-state index contributed by atoms with van der Waals surface area (Å²) >= 11 is 0. The second kappa shape index (κ2) is 14.6. The van der Waals surface area contributed by atoms with E-state index < -0.39 is 0 Å². The number of hydrogen-bond acceptors (Lipinski definition) is 2. The van der Waals surface area contributed by atoms with Crippen LogP contribution in [0.5, 0.6) is 0 Å². The van der Waals surface area contributed by atoms with E-state index in [9.17, 15) is 0 Å². The van der Waals surface area contributed by atoms with Crippen molar-refractivity contribution in [3.63, 3.8) is 0 Å². The summed E-state index contributed by atoms with van der Waals surface area (Å²) in [7, 11) is 0. The Kier molecular flexibility index (Phi) is 8.66. The predicted octanol–water partition coefficient (Wildman–Crippen LogP) is 14.4. The Morgan fingerprint density at radius 3 is 1.95 bits per heavy atom. The normalized spacial score (nSPS) is 12.0. The molecule has 1 heterocycles. The average Bonchev–Trinajstić information content (AvgIpc) is 3.72. The van der Waals surface area contributed by atoms with E-state index in [-0.39, 0.29) is 5.84 Å². The lowest BCUT2D eigenvalue weighted by atomic mass is 9.89. The maximum absolute atomic E-state index is 8.87. The van der Waals surface area contributed by atoms with Crippen molar-refractivity contribution in [3.05, 3.63) is 223 Å². The molecule has 3 heteroatoms. The highest BCUT2D eigenvalue weighted by Crippen LogP contribution is 2.40. The van der Waals surface area contributed by atoms with E-state index in [1.54, 1.807) is 0 Å². The van der Waals surface area contributed by atoms with Crippen molar-refractivity contribution in [2.75, 3.05) is 0 Å². The second-order valence-electron chi connectivity index (χ2n) is 14.3. The highest BCUT2D eigenvalue weighted by atomic mass is 16.3. The lowest BCUT2D eigenvalue weighted by Crippen LogP contribution is -2.03. The summed E-state index contributed by atoms with van der Waals surface area (Å²) in [5.74, 6) is 1.02. The summed E-state index contributed by atoms with van der Waals surface area (Å²) in [6.07, 6.45) is 4.09. The molecule has 0 spiro atoms. The monoisotopic (exact) mass is 728 g/mol. The van der Waals surface area contributed by atoms with Crippen molar-refractivity contribution >= 4 is 60.9 Å². The molecular formula is C54H36N2O. The Morgan fingerprint density at radius 1 is 0.439 bits per heavy atom. The Hall–Kier alpha value is -7.62. The van der Waals surface area contributed by atoms with E-state index in [1.807, 2.05) is 66.7 Å². The minimum Gasteiger partial charge on any atom is -0.456 e. The third-order valence-corrected chi connectivity index (χ3v) is 10.7. The summed E-state index contributed by atoms with van der Waals surface area (Å²) in [5.41, 5.74) is 9.96. The fourth-order valence-corrected chi connectivity index (χ4v) is 7.89. The van der Waals surface area contributed by atoms with E-state index in [2.05, 4.69) is 146 Å². The van der Waals surface area contributed by atoms with Gasteiger partial charge in [0.1, 0.15) is 11.3 Å². The van der Waals surface area contributed by atoms with Gasteiger partial charge in [0.05, 0.1) is 5.71 Å². The lowest BCUT2D eigenvalue weighted by molar-refractivity contribution is 0.631. The number of benzene rings is 9. The second-order valence-corrected chi connectivity index (χ2v) is 14.3. The number of aliphatic imine (C=N–C) groups is 1. The van der Waals surface area contributed by atoms with Crippen LogP contribution in [0.2, 0.25) is 0 Å². The molecular weight excluding hydrogens is 693 g/mol. The Labute approximate surface area is 331 Å². The Bertz CT molecular complexity index is 3150. The standard InChI is InChI=1S/C54H36N2O/c55-54(40-14-2-1-3-15-40)56-50(38-25-27-39(28-26-38)52-35-44-17-6-9-23-51(44)57-52)31-24-36-12-10-18-41(32-36)42-19-11-20-45(33-42)53-47-22-8-5-16-43(47)34-49-46-21-7-4-13-37(46)29-30-48(49)53/h1-35,55H/b31-24+,55-54?,56-50?. The van der Waals surface area contributed by atoms with Crippen LogP contribution in [-0.2, 0) is 0 Å². The van der Waals surface area contributed by atoms with Gasteiger partial charge in [-0.2, -0.15) is 0 Å². The van der Waals surface area contributed by atoms with Crippen molar-refractivity contribution in [1.82, 2.24) is 0 Å². The first kappa shape index (κ1) is 33.9. The van der Waals surface area contributed by atoms with Crippen LogP contribution in [0.1, 0.15) is 16.7 Å². The smallest absolute Gasteiger partial charge is 0.152 e. The summed E-state index contributed by atoms with van der Waals surface area (Å²) in [5, 5.41) is 17.4. The summed E-state index contributed by atoms with van der Waals surface area (Å²) in [6.45, 7) is 0. The number of furan rings is 1.